The van der Waals surface area contributed by atoms with Gasteiger partial charge in [0.25, 0.3) is 0 Å². The fourth-order valence-electron chi connectivity index (χ4n) is 1.52. The molecule has 0 aliphatic heterocycles. The highest BCUT2D eigenvalue weighted by Crippen LogP contribution is 2.31. The standard InChI is InChI=1S/C10H6F3N3O5/c11-10(12,13)8-7(9(19)20)14-15-16(8)2-4-1-5(17)6(18)3-21-4/h1,3,18H,2H2,(H,19,20). The first-order chi connectivity index (χ1) is 9.70. The normalized spacial score (nSPS) is 11.6. The quantitative estimate of drug-likeness (QED) is 0.856. The molecule has 2 N–H and O–H groups in total. The lowest BCUT2D eigenvalue weighted by atomic mass is 10.3. The first-order valence-electron chi connectivity index (χ1n) is 5.25. The second kappa shape index (κ2) is 4.92. The van der Waals surface area contributed by atoms with Gasteiger partial charge in [-0.15, -0.1) is 5.10 Å². The molecule has 112 valence electrons. The van der Waals surface area contributed by atoms with Crippen LogP contribution in [0.5, 0.6) is 5.75 Å². The summed E-state index contributed by atoms with van der Waals surface area (Å²) in [5, 5.41) is 23.7. The predicted octanol–water partition coefficient (Wildman–Crippen LogP) is 0.702. The monoisotopic (exact) mass is 305 g/mol. The molecule has 0 unspecified atom stereocenters. The molecule has 2 aromatic rings. The van der Waals surface area contributed by atoms with Crippen molar-refractivity contribution in [3.05, 3.63) is 39.7 Å². The van der Waals surface area contributed by atoms with Crippen molar-refractivity contribution in [2.75, 3.05) is 0 Å². The molecular formula is C10H6F3N3O5. The van der Waals surface area contributed by atoms with Crippen LogP contribution in [0.3, 0.4) is 0 Å². The molecule has 2 heterocycles. The fourth-order valence-corrected chi connectivity index (χ4v) is 1.52. The molecular weight excluding hydrogens is 299 g/mol. The minimum Gasteiger partial charge on any atom is -0.502 e. The van der Waals surface area contributed by atoms with Crippen LogP contribution < -0.4 is 5.43 Å². The number of aromatic hydroxyl groups is 1. The Kier molecular flexibility index (Phi) is 3.41. The molecule has 0 spiro atoms. The van der Waals surface area contributed by atoms with E-state index in [4.69, 9.17) is 14.6 Å². The van der Waals surface area contributed by atoms with E-state index in [0.29, 0.717) is 6.26 Å². The second-order valence-electron chi connectivity index (χ2n) is 3.84. The number of hydrogen-bond acceptors (Lipinski definition) is 6. The molecule has 8 nitrogen and oxygen atoms in total. The van der Waals surface area contributed by atoms with Gasteiger partial charge in [0.1, 0.15) is 18.6 Å². The van der Waals surface area contributed by atoms with Crippen molar-refractivity contribution in [2.24, 2.45) is 0 Å². The largest absolute Gasteiger partial charge is 0.502 e. The molecule has 21 heavy (non-hydrogen) atoms. The van der Waals surface area contributed by atoms with Crippen molar-refractivity contribution in [1.82, 2.24) is 15.0 Å². The molecule has 0 atom stereocenters. The van der Waals surface area contributed by atoms with Gasteiger partial charge in [0.15, 0.2) is 11.4 Å². The number of nitrogens with zero attached hydrogens (tertiary/aromatic N) is 3. The van der Waals surface area contributed by atoms with Gasteiger partial charge in [0.2, 0.25) is 11.1 Å². The van der Waals surface area contributed by atoms with E-state index in [9.17, 15) is 22.8 Å². The van der Waals surface area contributed by atoms with Crippen molar-refractivity contribution < 1.29 is 32.6 Å². The number of aromatic nitrogens is 3. The van der Waals surface area contributed by atoms with Crippen molar-refractivity contribution >= 4 is 5.97 Å². The number of carbonyl (C=O) groups is 1. The van der Waals surface area contributed by atoms with Crippen LogP contribution in [0.1, 0.15) is 21.9 Å². The zero-order valence-corrected chi connectivity index (χ0v) is 9.96. The van der Waals surface area contributed by atoms with Gasteiger partial charge in [0.05, 0.1) is 0 Å². The van der Waals surface area contributed by atoms with Crippen LogP contribution >= 0.6 is 0 Å². The molecule has 0 amide bonds. The third-order valence-corrected chi connectivity index (χ3v) is 2.38. The van der Waals surface area contributed by atoms with Crippen LogP contribution in [0.25, 0.3) is 0 Å². The Bertz CT molecular complexity index is 749. The number of halogens is 3. The van der Waals surface area contributed by atoms with Gasteiger partial charge in [-0.1, -0.05) is 5.21 Å². The Morgan fingerprint density at radius 3 is 2.62 bits per heavy atom. The lowest BCUT2D eigenvalue weighted by Gasteiger charge is -2.09. The molecule has 11 heteroatoms. The zero-order valence-electron chi connectivity index (χ0n) is 9.96. The van der Waals surface area contributed by atoms with Crippen LogP contribution in [-0.2, 0) is 12.7 Å². The smallest absolute Gasteiger partial charge is 0.435 e. The average Bonchev–Trinajstić information content (AvgIpc) is 2.77. The molecule has 0 aliphatic rings. The highest BCUT2D eigenvalue weighted by Gasteiger charge is 2.41. The molecule has 0 radical (unpaired) electrons. The Hall–Kier alpha value is -2.85. The molecule has 0 fully saturated rings. The summed E-state index contributed by atoms with van der Waals surface area (Å²) in [6.07, 6.45) is -4.35. The Morgan fingerprint density at radius 2 is 2.10 bits per heavy atom. The molecule has 0 aliphatic carbocycles. The Balaban J connectivity index is 2.47. The zero-order chi connectivity index (χ0) is 15.8. The molecule has 0 bridgehead atoms. The van der Waals surface area contributed by atoms with E-state index in [1.54, 1.807) is 0 Å². The minimum absolute atomic E-state index is 0.249. The summed E-state index contributed by atoms with van der Waals surface area (Å²) in [7, 11) is 0. The third-order valence-electron chi connectivity index (χ3n) is 2.38. The first-order valence-corrected chi connectivity index (χ1v) is 5.25. The van der Waals surface area contributed by atoms with Crippen molar-refractivity contribution in [3.63, 3.8) is 0 Å². The van der Waals surface area contributed by atoms with E-state index in [-0.39, 0.29) is 10.4 Å². The highest BCUT2D eigenvalue weighted by atomic mass is 19.4. The number of aromatic carboxylic acids is 1. The predicted molar refractivity (Wildman–Crippen MR) is 57.7 cm³/mol. The van der Waals surface area contributed by atoms with Crippen LogP contribution in [0.15, 0.2) is 21.5 Å². The Morgan fingerprint density at radius 1 is 1.43 bits per heavy atom. The number of carboxylic acids is 1. The summed E-state index contributed by atoms with van der Waals surface area (Å²) in [6.45, 7) is -0.676. The molecule has 0 aromatic carbocycles. The highest BCUT2D eigenvalue weighted by molar-refractivity contribution is 5.86. The molecule has 2 aromatic heterocycles. The summed E-state index contributed by atoms with van der Waals surface area (Å²) >= 11 is 0. The van der Waals surface area contributed by atoms with Crippen LogP contribution in [0, 0.1) is 0 Å². The lowest BCUT2D eigenvalue weighted by Crippen LogP contribution is -2.19. The SMILES string of the molecule is O=C(O)c1nnn(Cc2cc(=O)c(O)co2)c1C(F)(F)F. The number of rotatable bonds is 3. The van der Waals surface area contributed by atoms with E-state index < -0.39 is 41.3 Å². The second-order valence-corrected chi connectivity index (χ2v) is 3.84. The van der Waals surface area contributed by atoms with Crippen molar-refractivity contribution in [3.8, 4) is 5.75 Å². The van der Waals surface area contributed by atoms with Crippen molar-refractivity contribution in [1.29, 1.82) is 0 Å². The van der Waals surface area contributed by atoms with Crippen molar-refractivity contribution in [2.45, 2.75) is 12.7 Å². The van der Waals surface area contributed by atoms with E-state index in [1.807, 2.05) is 0 Å². The van der Waals surface area contributed by atoms with Crippen LogP contribution in [0.4, 0.5) is 13.2 Å². The van der Waals surface area contributed by atoms with Gasteiger partial charge in [-0.3, -0.25) is 4.79 Å². The fraction of sp³-hybridized carbons (Fsp3) is 0.200. The average molecular weight is 305 g/mol. The molecule has 2 rings (SSSR count). The van der Waals surface area contributed by atoms with Gasteiger partial charge in [-0.25, -0.2) is 9.48 Å². The third kappa shape index (κ3) is 2.85. The van der Waals surface area contributed by atoms with E-state index in [1.165, 1.54) is 0 Å². The lowest BCUT2D eigenvalue weighted by molar-refractivity contribution is -0.144. The summed E-state index contributed by atoms with van der Waals surface area (Å²) in [5.41, 5.74) is -3.70. The maximum atomic E-state index is 12.9. The van der Waals surface area contributed by atoms with E-state index >= 15 is 0 Å². The van der Waals surface area contributed by atoms with Gasteiger partial charge >= 0.3 is 12.1 Å². The molecule has 0 saturated heterocycles. The van der Waals surface area contributed by atoms with Crippen LogP contribution in [-0.4, -0.2) is 31.2 Å². The summed E-state index contributed by atoms with van der Waals surface area (Å²) in [5.74, 6) is -2.86. The number of alkyl halides is 3. The maximum absolute atomic E-state index is 12.9. The van der Waals surface area contributed by atoms with E-state index in [0.717, 1.165) is 6.07 Å². The van der Waals surface area contributed by atoms with Gasteiger partial charge in [0, 0.05) is 6.07 Å². The topological polar surface area (TPSA) is 118 Å². The number of hydrogen-bond donors (Lipinski definition) is 2. The Labute approximate surface area is 113 Å². The number of carboxylic acid groups (broad SMARTS) is 1. The van der Waals surface area contributed by atoms with E-state index in [2.05, 4.69) is 10.3 Å². The van der Waals surface area contributed by atoms with Gasteiger partial charge < -0.3 is 14.6 Å². The first kappa shape index (κ1) is 14.6. The minimum atomic E-state index is -5.01. The summed E-state index contributed by atoms with van der Waals surface area (Å²) in [6, 6.07) is 0.762. The maximum Gasteiger partial charge on any atom is 0.435 e. The van der Waals surface area contributed by atoms with Gasteiger partial charge in [-0.05, 0) is 0 Å². The van der Waals surface area contributed by atoms with Gasteiger partial charge in [-0.2, -0.15) is 13.2 Å². The van der Waals surface area contributed by atoms with Crippen LogP contribution in [0.2, 0.25) is 0 Å². The molecule has 0 saturated carbocycles. The summed E-state index contributed by atoms with van der Waals surface area (Å²) < 4.78 is 43.5. The summed E-state index contributed by atoms with van der Waals surface area (Å²) in [4.78, 5) is 21.9.